The topological polar surface area (TPSA) is 35.5 Å². The van der Waals surface area contributed by atoms with Crippen LogP contribution in [0, 0.1) is 18.8 Å². The largest absolute Gasteiger partial charge is 0.341 e. The van der Waals surface area contributed by atoms with E-state index in [-0.39, 0.29) is 0 Å². The van der Waals surface area contributed by atoms with Gasteiger partial charge in [0.2, 0.25) is 5.95 Å². The Kier molecular flexibility index (Phi) is 4.24. The lowest BCUT2D eigenvalue weighted by Gasteiger charge is -2.27. The highest BCUT2D eigenvalue weighted by atomic mass is 15.3. The maximum Gasteiger partial charge on any atom is 0.225 e. The van der Waals surface area contributed by atoms with E-state index < -0.39 is 0 Å². The molecular formula is C18H29N5. The van der Waals surface area contributed by atoms with Crippen LogP contribution in [0.4, 0.5) is 5.95 Å². The molecule has 4 rings (SSSR count). The average molecular weight is 315 g/mol. The summed E-state index contributed by atoms with van der Waals surface area (Å²) in [6, 6.07) is 2.17. The molecule has 0 N–H and O–H groups in total. The van der Waals surface area contributed by atoms with Crippen molar-refractivity contribution in [2.24, 2.45) is 11.8 Å². The van der Waals surface area contributed by atoms with Gasteiger partial charge in [-0.25, -0.2) is 9.97 Å². The predicted octanol–water partition coefficient (Wildman–Crippen LogP) is 1.77. The fraction of sp³-hybridized carbons (Fsp3) is 0.778. The van der Waals surface area contributed by atoms with E-state index in [2.05, 4.69) is 39.7 Å². The van der Waals surface area contributed by atoms with Gasteiger partial charge >= 0.3 is 0 Å². The first-order chi connectivity index (χ1) is 11.2. The second-order valence-corrected chi connectivity index (χ2v) is 7.78. The Labute approximate surface area is 139 Å². The maximum absolute atomic E-state index is 4.89. The molecule has 23 heavy (non-hydrogen) atoms. The molecule has 126 valence electrons. The molecule has 0 spiro atoms. The van der Waals surface area contributed by atoms with Gasteiger partial charge in [-0.05, 0) is 51.1 Å². The Balaban J connectivity index is 1.44. The number of aryl methyl sites for hydroxylation is 1. The number of anilines is 1. The Morgan fingerprint density at radius 3 is 2.39 bits per heavy atom. The Morgan fingerprint density at radius 1 is 1.00 bits per heavy atom. The summed E-state index contributed by atoms with van der Waals surface area (Å²) >= 11 is 0. The number of aromatic nitrogens is 2. The highest BCUT2D eigenvalue weighted by molar-refractivity contribution is 5.32. The molecule has 0 aromatic carbocycles. The van der Waals surface area contributed by atoms with Crippen molar-refractivity contribution in [1.29, 1.82) is 0 Å². The van der Waals surface area contributed by atoms with Crippen molar-refractivity contribution >= 4 is 5.95 Å². The van der Waals surface area contributed by atoms with Crippen LogP contribution < -0.4 is 4.90 Å². The van der Waals surface area contributed by atoms with Crippen LogP contribution in [0.3, 0.4) is 0 Å². The van der Waals surface area contributed by atoms with Crippen LogP contribution in [0.5, 0.6) is 0 Å². The molecule has 0 aliphatic carbocycles. The zero-order chi connectivity index (χ0) is 15.8. The molecule has 5 nitrogen and oxygen atoms in total. The zero-order valence-electron chi connectivity index (χ0n) is 14.5. The number of fused-ring (bicyclic) bond motifs is 1. The molecule has 5 heteroatoms. The van der Waals surface area contributed by atoms with Crippen molar-refractivity contribution in [2.75, 3.05) is 51.2 Å². The third kappa shape index (κ3) is 3.36. The van der Waals surface area contributed by atoms with Gasteiger partial charge in [-0.1, -0.05) is 0 Å². The molecule has 3 fully saturated rings. The third-order valence-corrected chi connectivity index (χ3v) is 5.66. The van der Waals surface area contributed by atoms with Gasteiger partial charge in [0.05, 0.1) is 5.69 Å². The lowest BCUT2D eigenvalue weighted by molar-refractivity contribution is 0.269. The normalized spacial score (nSPS) is 29.2. The number of hydrogen-bond acceptors (Lipinski definition) is 5. The standard InChI is InChI=1S/C18H29N5/c1-14-8-17(20-18(19-14)23-6-4-3-5-7-23)13-22-11-15-9-21(2)10-16(15)12-22/h8,15-16H,3-7,9-13H2,1-2H3/t15-,16+. The van der Waals surface area contributed by atoms with Crippen molar-refractivity contribution in [3.63, 3.8) is 0 Å². The molecule has 3 saturated heterocycles. The van der Waals surface area contributed by atoms with E-state index in [1.807, 2.05) is 0 Å². The first kappa shape index (κ1) is 15.3. The fourth-order valence-corrected chi connectivity index (χ4v) is 4.62. The number of nitrogens with zero attached hydrogens (tertiary/aromatic N) is 5. The molecule has 1 aromatic rings. The molecular weight excluding hydrogens is 286 g/mol. The SMILES string of the molecule is Cc1cc(CN2C[C@H]3CN(C)C[C@H]3C2)nc(N2CCCCC2)n1. The van der Waals surface area contributed by atoms with E-state index in [1.54, 1.807) is 0 Å². The van der Waals surface area contributed by atoms with Gasteiger partial charge in [-0.2, -0.15) is 0 Å². The Bertz CT molecular complexity index is 540. The predicted molar refractivity (Wildman–Crippen MR) is 92.6 cm³/mol. The molecule has 0 saturated carbocycles. The first-order valence-corrected chi connectivity index (χ1v) is 9.18. The molecule has 3 aliphatic heterocycles. The minimum atomic E-state index is 0.865. The van der Waals surface area contributed by atoms with Crippen LogP contribution in [0.15, 0.2) is 6.07 Å². The zero-order valence-corrected chi connectivity index (χ0v) is 14.5. The van der Waals surface area contributed by atoms with Crippen LogP contribution in [0.1, 0.15) is 30.7 Å². The van der Waals surface area contributed by atoms with E-state index in [9.17, 15) is 0 Å². The van der Waals surface area contributed by atoms with Crippen LogP contribution >= 0.6 is 0 Å². The summed E-state index contributed by atoms with van der Waals surface area (Å²) in [5.41, 5.74) is 2.31. The van der Waals surface area contributed by atoms with Crippen molar-refractivity contribution in [1.82, 2.24) is 19.8 Å². The first-order valence-electron chi connectivity index (χ1n) is 9.18. The number of piperidine rings is 1. The van der Waals surface area contributed by atoms with Crippen molar-refractivity contribution in [3.8, 4) is 0 Å². The van der Waals surface area contributed by atoms with Gasteiger partial charge in [0.25, 0.3) is 0 Å². The second-order valence-electron chi connectivity index (χ2n) is 7.78. The molecule has 2 atom stereocenters. The number of likely N-dealkylation sites (tertiary alicyclic amines) is 2. The van der Waals surface area contributed by atoms with Crippen LogP contribution in [0.2, 0.25) is 0 Å². The van der Waals surface area contributed by atoms with E-state index >= 15 is 0 Å². The minimum absolute atomic E-state index is 0.865. The number of rotatable bonds is 3. The summed E-state index contributed by atoms with van der Waals surface area (Å²) in [6.45, 7) is 10.3. The summed E-state index contributed by atoms with van der Waals surface area (Å²) in [5.74, 6) is 2.69. The minimum Gasteiger partial charge on any atom is -0.341 e. The molecule has 0 amide bonds. The summed E-state index contributed by atoms with van der Waals surface area (Å²) in [6.07, 6.45) is 3.89. The van der Waals surface area contributed by atoms with E-state index in [4.69, 9.17) is 4.98 Å². The van der Waals surface area contributed by atoms with Crippen molar-refractivity contribution in [3.05, 3.63) is 17.5 Å². The summed E-state index contributed by atoms with van der Waals surface area (Å²) < 4.78 is 0. The Morgan fingerprint density at radius 2 is 1.70 bits per heavy atom. The smallest absolute Gasteiger partial charge is 0.225 e. The van der Waals surface area contributed by atoms with Gasteiger partial charge < -0.3 is 9.80 Å². The molecule has 3 aliphatic rings. The molecule has 0 bridgehead atoms. The average Bonchev–Trinajstić information content (AvgIpc) is 3.04. The third-order valence-electron chi connectivity index (χ3n) is 5.66. The lowest BCUT2D eigenvalue weighted by Crippen LogP contribution is -2.32. The summed E-state index contributed by atoms with van der Waals surface area (Å²) in [5, 5.41) is 0. The monoisotopic (exact) mass is 315 g/mol. The molecule has 4 heterocycles. The van der Waals surface area contributed by atoms with Crippen LogP contribution in [-0.2, 0) is 6.54 Å². The van der Waals surface area contributed by atoms with Gasteiger partial charge in [0.1, 0.15) is 0 Å². The molecule has 0 unspecified atom stereocenters. The fourth-order valence-electron chi connectivity index (χ4n) is 4.62. The molecule has 0 radical (unpaired) electrons. The van der Waals surface area contributed by atoms with Gasteiger partial charge in [0, 0.05) is 51.5 Å². The maximum atomic E-state index is 4.89. The second kappa shape index (κ2) is 6.36. The van der Waals surface area contributed by atoms with Crippen LogP contribution in [0.25, 0.3) is 0 Å². The number of hydrogen-bond donors (Lipinski definition) is 0. The highest BCUT2D eigenvalue weighted by Crippen LogP contribution is 2.31. The summed E-state index contributed by atoms with van der Waals surface area (Å²) in [7, 11) is 2.25. The van der Waals surface area contributed by atoms with Gasteiger partial charge in [-0.3, -0.25) is 4.90 Å². The lowest BCUT2D eigenvalue weighted by atomic mass is 10.0. The van der Waals surface area contributed by atoms with Crippen LogP contribution in [-0.4, -0.2) is 66.1 Å². The van der Waals surface area contributed by atoms with E-state index in [0.717, 1.165) is 43.1 Å². The van der Waals surface area contributed by atoms with Gasteiger partial charge in [0.15, 0.2) is 0 Å². The van der Waals surface area contributed by atoms with Crippen molar-refractivity contribution < 1.29 is 0 Å². The highest BCUT2D eigenvalue weighted by Gasteiger charge is 2.38. The van der Waals surface area contributed by atoms with E-state index in [1.165, 1.54) is 51.1 Å². The Hall–Kier alpha value is -1.20. The van der Waals surface area contributed by atoms with E-state index in [0.29, 0.717) is 0 Å². The van der Waals surface area contributed by atoms with Crippen molar-refractivity contribution in [2.45, 2.75) is 32.7 Å². The quantitative estimate of drug-likeness (QED) is 0.849. The van der Waals surface area contributed by atoms with Gasteiger partial charge in [-0.15, -0.1) is 0 Å². The molecule has 1 aromatic heterocycles. The summed E-state index contributed by atoms with van der Waals surface area (Å²) in [4.78, 5) is 17.0.